The van der Waals surface area contributed by atoms with Crippen LogP contribution in [-0.4, -0.2) is 43.9 Å². The summed E-state index contributed by atoms with van der Waals surface area (Å²) in [6.07, 6.45) is 5.90. The van der Waals surface area contributed by atoms with Gasteiger partial charge in [-0.1, -0.05) is 57.1 Å². The number of ether oxygens (including phenoxy) is 4. The molecule has 258 valence electrons. The van der Waals surface area contributed by atoms with Crippen molar-refractivity contribution in [3.8, 4) is 11.5 Å². The maximum Gasteiger partial charge on any atom is 0.343 e. The van der Waals surface area contributed by atoms with Crippen LogP contribution in [0.25, 0.3) is 6.08 Å². The number of hydrogen-bond acceptors (Lipinski definition) is 9. The number of benzene rings is 3. The molecular weight excluding hydrogens is 629 g/mol. The normalized spacial score (nSPS) is 11.8. The van der Waals surface area contributed by atoms with Gasteiger partial charge in [-0.2, -0.15) is 4.39 Å². The molecule has 0 fully saturated rings. The van der Waals surface area contributed by atoms with Crippen molar-refractivity contribution >= 4 is 35.4 Å². The summed E-state index contributed by atoms with van der Waals surface area (Å²) in [5.74, 6) is -1.46. The molecule has 12 heteroatoms. The Labute approximate surface area is 278 Å². The van der Waals surface area contributed by atoms with E-state index in [-0.39, 0.29) is 17.1 Å². The predicted octanol–water partition coefficient (Wildman–Crippen LogP) is 7.93. The summed E-state index contributed by atoms with van der Waals surface area (Å²) in [7, 11) is 0. The van der Waals surface area contributed by atoms with Crippen molar-refractivity contribution in [2.24, 2.45) is 0 Å². The maximum absolute atomic E-state index is 13.0. The molecule has 3 aromatic rings. The molecule has 0 aliphatic carbocycles. The van der Waals surface area contributed by atoms with Crippen molar-refractivity contribution in [2.75, 3.05) is 24.7 Å². The zero-order chi connectivity index (χ0) is 34.7. The molecule has 0 saturated carbocycles. The lowest BCUT2D eigenvalue weighted by Crippen LogP contribution is -2.19. The molecule has 3 rings (SSSR count). The first-order chi connectivity index (χ1) is 23.1. The molecule has 0 amide bonds. The quantitative estimate of drug-likeness (QED) is 0.0403. The van der Waals surface area contributed by atoms with E-state index in [0.29, 0.717) is 35.7 Å². The highest BCUT2D eigenvalue weighted by Gasteiger charge is 2.21. The van der Waals surface area contributed by atoms with Gasteiger partial charge in [0.2, 0.25) is 0 Å². The number of nitrogen functional groups attached to an aromatic ring is 2. The monoisotopic (exact) mass is 670 g/mol. The van der Waals surface area contributed by atoms with Crippen LogP contribution in [-0.2, 0) is 14.3 Å². The van der Waals surface area contributed by atoms with E-state index in [4.69, 9.17) is 25.7 Å². The molecule has 3 aromatic carbocycles. The number of nitrogens with two attached hydrogens (primary N) is 2. The lowest BCUT2D eigenvalue weighted by molar-refractivity contribution is -0.137. The SMILES string of the molecule is Nc1cc(N)cc(C(=O)OCCCCCCCCCCCOC(=O)C=Cc2ccc(OC(=O)c3ccc(OC(F)C(F)F)cc3)cc2)c1. The van der Waals surface area contributed by atoms with Gasteiger partial charge >= 0.3 is 24.3 Å². The lowest BCUT2D eigenvalue weighted by Gasteiger charge is -2.10. The van der Waals surface area contributed by atoms with Gasteiger partial charge in [0.15, 0.2) is 0 Å². The van der Waals surface area contributed by atoms with Crippen LogP contribution in [0.2, 0.25) is 0 Å². The van der Waals surface area contributed by atoms with E-state index in [1.165, 1.54) is 30.3 Å². The lowest BCUT2D eigenvalue weighted by atomic mass is 10.1. The van der Waals surface area contributed by atoms with Gasteiger partial charge in [0.1, 0.15) is 11.5 Å². The molecule has 0 aliphatic heterocycles. The van der Waals surface area contributed by atoms with Crippen molar-refractivity contribution in [1.82, 2.24) is 0 Å². The minimum atomic E-state index is -3.28. The van der Waals surface area contributed by atoms with Crippen LogP contribution in [0.5, 0.6) is 11.5 Å². The first-order valence-electron chi connectivity index (χ1n) is 15.8. The minimum Gasteiger partial charge on any atom is -0.463 e. The second kappa shape index (κ2) is 20.3. The summed E-state index contributed by atoms with van der Waals surface area (Å²) in [6, 6.07) is 16.0. The number of alkyl halides is 3. The average molecular weight is 671 g/mol. The predicted molar refractivity (Wildman–Crippen MR) is 176 cm³/mol. The number of halogens is 3. The number of rotatable bonds is 20. The molecule has 0 heterocycles. The third-order valence-corrected chi connectivity index (χ3v) is 7.02. The molecule has 4 N–H and O–H groups in total. The Morgan fingerprint density at radius 3 is 1.71 bits per heavy atom. The zero-order valence-electron chi connectivity index (χ0n) is 26.6. The topological polar surface area (TPSA) is 140 Å². The van der Waals surface area contributed by atoms with Crippen molar-refractivity contribution < 1.29 is 46.5 Å². The van der Waals surface area contributed by atoms with Gasteiger partial charge in [0, 0.05) is 17.5 Å². The van der Waals surface area contributed by atoms with Crippen LogP contribution in [0.4, 0.5) is 24.5 Å². The fraction of sp³-hybridized carbons (Fsp3) is 0.361. The summed E-state index contributed by atoms with van der Waals surface area (Å²) in [6.45, 7) is 0.703. The highest BCUT2D eigenvalue weighted by atomic mass is 19.3. The Kier molecular flexibility index (Phi) is 15.8. The molecule has 48 heavy (non-hydrogen) atoms. The van der Waals surface area contributed by atoms with E-state index < -0.39 is 30.7 Å². The van der Waals surface area contributed by atoms with Crippen LogP contribution >= 0.6 is 0 Å². The summed E-state index contributed by atoms with van der Waals surface area (Å²) < 4.78 is 57.8. The van der Waals surface area contributed by atoms with E-state index >= 15 is 0 Å². The molecular formula is C36H41F3N2O7. The molecule has 0 bridgehead atoms. The van der Waals surface area contributed by atoms with Crippen LogP contribution in [0, 0.1) is 0 Å². The summed E-state index contributed by atoms with van der Waals surface area (Å²) in [5, 5.41) is 0. The second-order valence-electron chi connectivity index (χ2n) is 11.0. The molecule has 0 saturated heterocycles. The fourth-order valence-electron chi connectivity index (χ4n) is 4.53. The molecule has 1 atom stereocenters. The minimum absolute atomic E-state index is 0.119. The Morgan fingerprint density at radius 2 is 1.15 bits per heavy atom. The Bertz CT molecular complexity index is 1460. The van der Waals surface area contributed by atoms with Gasteiger partial charge in [0.25, 0.3) is 6.36 Å². The standard InChI is InChI=1S/C36H41F3N2O7/c37-33(38)34(39)47-30-17-13-26(14-18-30)36(44)48-31-15-10-25(11-16-31)12-19-32(42)45-20-8-6-4-2-1-3-5-7-9-21-46-35(43)27-22-28(40)24-29(41)23-27/h10-19,22-24,33-34H,1-9,20-21,40-41H2. The molecule has 0 spiro atoms. The van der Waals surface area contributed by atoms with Gasteiger partial charge in [-0.05, 0) is 79.1 Å². The fourth-order valence-corrected chi connectivity index (χ4v) is 4.53. The van der Waals surface area contributed by atoms with Crippen molar-refractivity contribution in [3.05, 3.63) is 89.5 Å². The van der Waals surface area contributed by atoms with Crippen molar-refractivity contribution in [2.45, 2.75) is 70.6 Å². The third kappa shape index (κ3) is 14.2. The Hall–Kier alpha value is -5.00. The van der Waals surface area contributed by atoms with Gasteiger partial charge in [0.05, 0.1) is 24.3 Å². The largest absolute Gasteiger partial charge is 0.463 e. The average Bonchev–Trinajstić information content (AvgIpc) is 3.06. The number of anilines is 2. The van der Waals surface area contributed by atoms with Crippen LogP contribution in [0.3, 0.4) is 0 Å². The van der Waals surface area contributed by atoms with Crippen LogP contribution in [0.1, 0.15) is 84.1 Å². The van der Waals surface area contributed by atoms with Gasteiger partial charge in [-0.3, -0.25) is 0 Å². The maximum atomic E-state index is 13.0. The molecule has 0 aromatic heterocycles. The molecule has 0 radical (unpaired) electrons. The number of carbonyl (C=O) groups is 3. The zero-order valence-corrected chi connectivity index (χ0v) is 26.6. The summed E-state index contributed by atoms with van der Waals surface area (Å²) in [5.41, 5.74) is 13.4. The van der Waals surface area contributed by atoms with E-state index in [9.17, 15) is 27.6 Å². The Balaban J connectivity index is 1.19. The van der Waals surface area contributed by atoms with Crippen molar-refractivity contribution in [3.63, 3.8) is 0 Å². The van der Waals surface area contributed by atoms with E-state index in [2.05, 4.69) is 4.74 Å². The van der Waals surface area contributed by atoms with E-state index in [0.717, 1.165) is 57.8 Å². The molecule has 1 unspecified atom stereocenters. The highest BCUT2D eigenvalue weighted by molar-refractivity contribution is 5.92. The third-order valence-electron chi connectivity index (χ3n) is 7.02. The number of carbonyl (C=O) groups excluding carboxylic acids is 3. The van der Waals surface area contributed by atoms with Gasteiger partial charge in [-0.15, -0.1) is 0 Å². The van der Waals surface area contributed by atoms with Gasteiger partial charge < -0.3 is 30.4 Å². The highest BCUT2D eigenvalue weighted by Crippen LogP contribution is 2.20. The summed E-state index contributed by atoms with van der Waals surface area (Å²) >= 11 is 0. The first kappa shape index (κ1) is 37.5. The van der Waals surface area contributed by atoms with Gasteiger partial charge in [-0.25, -0.2) is 23.2 Å². The van der Waals surface area contributed by atoms with Crippen LogP contribution < -0.4 is 20.9 Å². The Morgan fingerprint density at radius 1 is 0.625 bits per heavy atom. The van der Waals surface area contributed by atoms with E-state index in [1.54, 1.807) is 48.5 Å². The summed E-state index contributed by atoms with van der Waals surface area (Å²) in [4.78, 5) is 36.4. The first-order valence-corrected chi connectivity index (χ1v) is 15.8. The molecule has 9 nitrogen and oxygen atoms in total. The number of unbranched alkanes of at least 4 members (excludes halogenated alkanes) is 8. The second-order valence-corrected chi connectivity index (χ2v) is 11.0. The van der Waals surface area contributed by atoms with E-state index in [1.807, 2.05) is 0 Å². The molecule has 0 aliphatic rings. The number of hydrogen-bond donors (Lipinski definition) is 2. The number of esters is 3. The van der Waals surface area contributed by atoms with Crippen molar-refractivity contribution in [1.29, 1.82) is 0 Å². The van der Waals surface area contributed by atoms with Crippen LogP contribution in [0.15, 0.2) is 72.8 Å². The smallest absolute Gasteiger partial charge is 0.343 e.